The number of hydrogen-bond donors (Lipinski definition) is 1. The lowest BCUT2D eigenvalue weighted by Gasteiger charge is -2.27. The topological polar surface area (TPSA) is 81.4 Å². The molecule has 2 rings (SSSR count). The summed E-state index contributed by atoms with van der Waals surface area (Å²) in [5.74, 6) is 0.399. The molecule has 1 atom stereocenters. The third-order valence-electron chi connectivity index (χ3n) is 3.58. The van der Waals surface area contributed by atoms with Gasteiger partial charge in [0.1, 0.15) is 0 Å². The molecule has 5 nitrogen and oxygen atoms in total. The highest BCUT2D eigenvalue weighted by atomic mass is 32.2. The molecule has 0 amide bonds. The number of rotatable bonds is 5. The average Bonchev–Trinajstić information content (AvgIpc) is 2.79. The largest absolute Gasteiger partial charge is 0.395 e. The van der Waals surface area contributed by atoms with Gasteiger partial charge in [-0.3, -0.25) is 4.90 Å². The molecule has 0 saturated carbocycles. The van der Waals surface area contributed by atoms with E-state index in [1.165, 1.54) is 0 Å². The zero-order chi connectivity index (χ0) is 14.6. The summed E-state index contributed by atoms with van der Waals surface area (Å²) < 4.78 is 23.1. The van der Waals surface area contributed by atoms with Gasteiger partial charge in [-0.1, -0.05) is 12.1 Å². The van der Waals surface area contributed by atoms with E-state index in [4.69, 9.17) is 10.4 Å². The first-order valence-corrected chi connectivity index (χ1v) is 8.40. The minimum atomic E-state index is -2.93. The maximum absolute atomic E-state index is 11.6. The molecule has 1 fully saturated rings. The van der Waals surface area contributed by atoms with Gasteiger partial charge in [-0.15, -0.1) is 0 Å². The van der Waals surface area contributed by atoms with Gasteiger partial charge in [0.05, 0.1) is 29.7 Å². The lowest BCUT2D eigenvalue weighted by molar-refractivity contribution is 0.153. The Balaban J connectivity index is 2.07. The number of aliphatic hydroxyl groups is 1. The maximum Gasteiger partial charge on any atom is 0.151 e. The summed E-state index contributed by atoms with van der Waals surface area (Å²) in [6.45, 7) is 1.06. The van der Waals surface area contributed by atoms with E-state index in [0.29, 0.717) is 25.1 Å². The van der Waals surface area contributed by atoms with Crippen LogP contribution in [0.3, 0.4) is 0 Å². The van der Waals surface area contributed by atoms with Crippen molar-refractivity contribution in [2.24, 2.45) is 0 Å². The van der Waals surface area contributed by atoms with E-state index in [-0.39, 0.29) is 24.2 Å². The fourth-order valence-electron chi connectivity index (χ4n) is 2.50. The molecule has 0 bridgehead atoms. The van der Waals surface area contributed by atoms with Gasteiger partial charge < -0.3 is 5.11 Å². The molecule has 108 valence electrons. The van der Waals surface area contributed by atoms with Crippen LogP contribution < -0.4 is 0 Å². The van der Waals surface area contributed by atoms with E-state index >= 15 is 0 Å². The monoisotopic (exact) mass is 294 g/mol. The van der Waals surface area contributed by atoms with Crippen LogP contribution in [-0.4, -0.2) is 49.1 Å². The van der Waals surface area contributed by atoms with E-state index in [1.807, 2.05) is 17.0 Å². The Hall–Kier alpha value is -1.42. The number of nitriles is 1. The Morgan fingerprint density at radius 2 is 2.05 bits per heavy atom. The summed E-state index contributed by atoms with van der Waals surface area (Å²) in [5, 5.41) is 17.9. The zero-order valence-corrected chi connectivity index (χ0v) is 12.0. The van der Waals surface area contributed by atoms with Crippen molar-refractivity contribution < 1.29 is 13.5 Å². The van der Waals surface area contributed by atoms with Crippen LogP contribution in [-0.2, 0) is 16.4 Å². The molecule has 1 unspecified atom stereocenters. The highest BCUT2D eigenvalue weighted by molar-refractivity contribution is 7.91. The molecule has 6 heteroatoms. The van der Waals surface area contributed by atoms with Crippen LogP contribution in [0.5, 0.6) is 0 Å². The number of hydrogen-bond acceptors (Lipinski definition) is 5. The van der Waals surface area contributed by atoms with Crippen LogP contribution >= 0.6 is 0 Å². The van der Waals surface area contributed by atoms with Gasteiger partial charge in [-0.05, 0) is 24.1 Å². The molecule has 1 aliphatic rings. The molecule has 1 aromatic carbocycles. The van der Waals surface area contributed by atoms with Crippen molar-refractivity contribution in [3.05, 3.63) is 35.4 Å². The summed E-state index contributed by atoms with van der Waals surface area (Å²) >= 11 is 0. The zero-order valence-electron chi connectivity index (χ0n) is 11.2. The van der Waals surface area contributed by atoms with Gasteiger partial charge in [-0.2, -0.15) is 5.26 Å². The molecule has 1 aromatic rings. The molecule has 1 N–H and O–H groups in total. The number of aliphatic hydroxyl groups excluding tert-OH is 1. The van der Waals surface area contributed by atoms with Gasteiger partial charge in [0.2, 0.25) is 0 Å². The van der Waals surface area contributed by atoms with Gasteiger partial charge in [0.15, 0.2) is 9.84 Å². The van der Waals surface area contributed by atoms with Crippen LogP contribution in [0.4, 0.5) is 0 Å². The Kier molecular flexibility index (Phi) is 4.76. The molecular weight excluding hydrogens is 276 g/mol. The van der Waals surface area contributed by atoms with Crippen LogP contribution in [0.2, 0.25) is 0 Å². The van der Waals surface area contributed by atoms with Crippen molar-refractivity contribution >= 4 is 9.84 Å². The third-order valence-corrected chi connectivity index (χ3v) is 5.33. The van der Waals surface area contributed by atoms with Crippen molar-refractivity contribution in [2.45, 2.75) is 19.0 Å². The fraction of sp³-hybridized carbons (Fsp3) is 0.500. The lowest BCUT2D eigenvalue weighted by Crippen LogP contribution is -2.37. The number of benzene rings is 1. The minimum absolute atomic E-state index is 0.00677. The van der Waals surface area contributed by atoms with Gasteiger partial charge in [0.25, 0.3) is 0 Å². The normalized spacial score (nSPS) is 20.9. The van der Waals surface area contributed by atoms with Crippen molar-refractivity contribution in [3.8, 4) is 6.07 Å². The van der Waals surface area contributed by atoms with Crippen molar-refractivity contribution in [1.29, 1.82) is 5.26 Å². The first kappa shape index (κ1) is 15.0. The Labute approximate surface area is 119 Å². The smallest absolute Gasteiger partial charge is 0.151 e. The van der Waals surface area contributed by atoms with E-state index < -0.39 is 9.84 Å². The summed E-state index contributed by atoms with van der Waals surface area (Å²) in [5.41, 5.74) is 1.62. The Bertz CT molecular complexity index is 590. The minimum Gasteiger partial charge on any atom is -0.395 e. The lowest BCUT2D eigenvalue weighted by atomic mass is 10.1. The number of sulfone groups is 1. The summed E-state index contributed by atoms with van der Waals surface area (Å²) in [6, 6.07) is 9.27. The van der Waals surface area contributed by atoms with Crippen LogP contribution in [0.25, 0.3) is 0 Å². The van der Waals surface area contributed by atoms with Crippen molar-refractivity contribution in [3.63, 3.8) is 0 Å². The Morgan fingerprint density at radius 3 is 2.55 bits per heavy atom. The average molecular weight is 294 g/mol. The highest BCUT2D eigenvalue weighted by Gasteiger charge is 2.31. The molecule has 0 aromatic heterocycles. The van der Waals surface area contributed by atoms with Crippen molar-refractivity contribution in [1.82, 2.24) is 4.90 Å². The molecule has 1 heterocycles. The molecule has 0 aliphatic carbocycles. The molecule has 1 saturated heterocycles. The van der Waals surface area contributed by atoms with Crippen LogP contribution in [0, 0.1) is 11.3 Å². The summed E-state index contributed by atoms with van der Waals surface area (Å²) in [6.07, 6.45) is 0.624. The quantitative estimate of drug-likeness (QED) is 0.857. The maximum atomic E-state index is 11.6. The second kappa shape index (κ2) is 6.35. The van der Waals surface area contributed by atoms with Gasteiger partial charge in [0, 0.05) is 19.1 Å². The number of nitrogens with zero attached hydrogens (tertiary/aromatic N) is 2. The predicted molar refractivity (Wildman–Crippen MR) is 75.7 cm³/mol. The summed E-state index contributed by atoms with van der Waals surface area (Å²) in [7, 11) is -2.93. The van der Waals surface area contributed by atoms with E-state index in [1.54, 1.807) is 12.1 Å². The van der Waals surface area contributed by atoms with E-state index in [0.717, 1.165) is 5.56 Å². The van der Waals surface area contributed by atoms with Crippen molar-refractivity contribution in [2.75, 3.05) is 24.7 Å². The first-order chi connectivity index (χ1) is 9.54. The SMILES string of the molecule is N#Cc1ccc(CN(CCO)C2CCS(=O)(=O)C2)cc1. The molecule has 20 heavy (non-hydrogen) atoms. The second-order valence-electron chi connectivity index (χ2n) is 5.06. The van der Waals surface area contributed by atoms with Crippen LogP contribution in [0.1, 0.15) is 17.5 Å². The molecule has 1 aliphatic heterocycles. The van der Waals surface area contributed by atoms with Gasteiger partial charge >= 0.3 is 0 Å². The van der Waals surface area contributed by atoms with E-state index in [9.17, 15) is 8.42 Å². The molecule has 0 radical (unpaired) electrons. The Morgan fingerprint density at radius 1 is 1.35 bits per heavy atom. The summed E-state index contributed by atoms with van der Waals surface area (Å²) in [4.78, 5) is 2.01. The molecule has 0 spiro atoms. The van der Waals surface area contributed by atoms with Gasteiger partial charge in [-0.25, -0.2) is 8.42 Å². The van der Waals surface area contributed by atoms with E-state index in [2.05, 4.69) is 6.07 Å². The predicted octanol–water partition coefficient (Wildman–Crippen LogP) is 0.540. The standard InChI is InChI=1S/C14H18N2O3S/c15-9-12-1-3-13(4-2-12)10-16(6-7-17)14-5-8-20(18,19)11-14/h1-4,14,17H,5-8,10-11H2. The second-order valence-corrected chi connectivity index (χ2v) is 7.29. The first-order valence-electron chi connectivity index (χ1n) is 6.58. The highest BCUT2D eigenvalue weighted by Crippen LogP contribution is 2.19. The van der Waals surface area contributed by atoms with Crippen LogP contribution in [0.15, 0.2) is 24.3 Å². The molecular formula is C14H18N2O3S. The third kappa shape index (κ3) is 3.79. The fourth-order valence-corrected chi connectivity index (χ4v) is 4.26.